The summed E-state index contributed by atoms with van der Waals surface area (Å²) in [5, 5.41) is 8.94. The van der Waals surface area contributed by atoms with Gasteiger partial charge in [0.2, 0.25) is 0 Å². The first kappa shape index (κ1) is 15.3. The molecule has 0 fully saturated rings. The molecule has 1 N–H and O–H groups in total. The molecular formula is C13H28OS. The minimum absolute atomic E-state index is 0.404. The molecule has 0 aromatic rings. The number of aliphatic hydroxyl groups is 1. The second kappa shape index (κ2) is 12.4. The van der Waals surface area contributed by atoms with E-state index in [0.29, 0.717) is 0 Å². The second-order valence-electron chi connectivity index (χ2n) is 4.45. The molecule has 15 heavy (non-hydrogen) atoms. The summed E-state index contributed by atoms with van der Waals surface area (Å²) in [6, 6.07) is 0. The van der Waals surface area contributed by atoms with E-state index in [1.54, 1.807) is 0 Å². The van der Waals surface area contributed by atoms with E-state index in [0.717, 1.165) is 12.8 Å². The lowest BCUT2D eigenvalue weighted by Crippen LogP contribution is -1.94. The van der Waals surface area contributed by atoms with Crippen molar-refractivity contribution in [3.8, 4) is 0 Å². The van der Waals surface area contributed by atoms with Crippen LogP contribution in [0.4, 0.5) is 0 Å². The van der Waals surface area contributed by atoms with E-state index in [4.69, 9.17) is 5.11 Å². The van der Waals surface area contributed by atoms with Crippen molar-refractivity contribution in [3.05, 3.63) is 0 Å². The molecule has 0 aliphatic heterocycles. The Hall–Kier alpha value is 0.310. The Labute approximate surface area is 101 Å². The molecule has 0 saturated heterocycles. The number of hydrogen-bond acceptors (Lipinski definition) is 2. The number of aliphatic hydroxyl groups excluding tert-OH is 1. The van der Waals surface area contributed by atoms with Crippen molar-refractivity contribution in [2.45, 2.75) is 83.0 Å². The predicted molar refractivity (Wildman–Crippen MR) is 71.5 cm³/mol. The van der Waals surface area contributed by atoms with E-state index in [-0.39, 0.29) is 0 Å². The van der Waals surface area contributed by atoms with Gasteiger partial charge in [-0.1, -0.05) is 71.1 Å². The van der Waals surface area contributed by atoms with Crippen molar-refractivity contribution in [2.75, 3.05) is 0 Å². The maximum absolute atomic E-state index is 8.94. The lowest BCUT2D eigenvalue weighted by molar-refractivity contribution is 0.249. The first-order valence-corrected chi connectivity index (χ1v) is 7.15. The highest BCUT2D eigenvalue weighted by atomic mass is 32.1. The molecule has 0 aromatic carbocycles. The number of thiol groups is 1. The van der Waals surface area contributed by atoms with Crippen LogP contribution < -0.4 is 0 Å². The first-order chi connectivity index (χ1) is 7.27. The minimum atomic E-state index is -0.404. The fourth-order valence-electron chi connectivity index (χ4n) is 1.81. The SMILES string of the molecule is CCCCCCCCCCCCC(O)S. The Balaban J connectivity index is 2.87. The molecule has 92 valence electrons. The van der Waals surface area contributed by atoms with Crippen molar-refractivity contribution < 1.29 is 5.11 Å². The normalized spacial score (nSPS) is 13.0. The average molecular weight is 232 g/mol. The summed E-state index contributed by atoms with van der Waals surface area (Å²) in [6.07, 6.45) is 14.3. The summed E-state index contributed by atoms with van der Waals surface area (Å²) in [5.41, 5.74) is -0.404. The predicted octanol–water partition coefficient (Wildman–Crippen LogP) is 4.55. The van der Waals surface area contributed by atoms with Gasteiger partial charge in [-0.2, -0.15) is 0 Å². The molecule has 0 bridgehead atoms. The molecule has 0 rings (SSSR count). The average Bonchev–Trinajstić information content (AvgIpc) is 2.20. The van der Waals surface area contributed by atoms with Crippen molar-refractivity contribution in [1.29, 1.82) is 0 Å². The zero-order valence-corrected chi connectivity index (χ0v) is 11.1. The summed E-state index contributed by atoms with van der Waals surface area (Å²) in [5.74, 6) is 0. The summed E-state index contributed by atoms with van der Waals surface area (Å²) >= 11 is 3.94. The molecule has 0 aliphatic carbocycles. The molecule has 0 amide bonds. The molecular weight excluding hydrogens is 204 g/mol. The van der Waals surface area contributed by atoms with Crippen molar-refractivity contribution in [2.24, 2.45) is 0 Å². The van der Waals surface area contributed by atoms with Gasteiger partial charge in [0.1, 0.15) is 0 Å². The van der Waals surface area contributed by atoms with Gasteiger partial charge in [0.25, 0.3) is 0 Å². The Morgan fingerprint density at radius 3 is 1.60 bits per heavy atom. The molecule has 2 heteroatoms. The van der Waals surface area contributed by atoms with Crippen LogP contribution in [0.2, 0.25) is 0 Å². The van der Waals surface area contributed by atoms with E-state index in [9.17, 15) is 0 Å². The van der Waals surface area contributed by atoms with Gasteiger partial charge in [0, 0.05) is 0 Å². The quantitative estimate of drug-likeness (QED) is 0.304. The minimum Gasteiger partial charge on any atom is -0.383 e. The number of unbranched alkanes of at least 4 members (excludes halogenated alkanes) is 9. The third kappa shape index (κ3) is 14.3. The van der Waals surface area contributed by atoms with Gasteiger partial charge in [-0.25, -0.2) is 0 Å². The summed E-state index contributed by atoms with van der Waals surface area (Å²) < 4.78 is 0. The topological polar surface area (TPSA) is 20.2 Å². The van der Waals surface area contributed by atoms with E-state index in [2.05, 4.69) is 19.6 Å². The lowest BCUT2D eigenvalue weighted by Gasteiger charge is -2.03. The smallest absolute Gasteiger partial charge is 0.0964 e. The van der Waals surface area contributed by atoms with Gasteiger partial charge in [-0.15, -0.1) is 12.6 Å². The molecule has 0 saturated carbocycles. The molecule has 1 nitrogen and oxygen atoms in total. The maximum atomic E-state index is 8.94. The van der Waals surface area contributed by atoms with Gasteiger partial charge in [0.15, 0.2) is 0 Å². The van der Waals surface area contributed by atoms with E-state index in [1.807, 2.05) is 0 Å². The van der Waals surface area contributed by atoms with Crippen LogP contribution in [-0.4, -0.2) is 10.5 Å². The zero-order chi connectivity index (χ0) is 11.4. The lowest BCUT2D eigenvalue weighted by atomic mass is 10.1. The van der Waals surface area contributed by atoms with Crippen LogP contribution in [0.5, 0.6) is 0 Å². The summed E-state index contributed by atoms with van der Waals surface area (Å²) in [4.78, 5) is 0. The highest BCUT2D eigenvalue weighted by Crippen LogP contribution is 2.12. The van der Waals surface area contributed by atoms with Gasteiger partial charge in [0.05, 0.1) is 5.44 Å². The van der Waals surface area contributed by atoms with Crippen molar-refractivity contribution >= 4 is 12.6 Å². The number of rotatable bonds is 11. The van der Waals surface area contributed by atoms with Crippen LogP contribution in [0.3, 0.4) is 0 Å². The Morgan fingerprint density at radius 1 is 0.800 bits per heavy atom. The molecule has 1 atom stereocenters. The van der Waals surface area contributed by atoms with E-state index >= 15 is 0 Å². The Kier molecular flexibility index (Phi) is 12.6. The van der Waals surface area contributed by atoms with Crippen LogP contribution in [0, 0.1) is 0 Å². The molecule has 0 spiro atoms. The van der Waals surface area contributed by atoms with Crippen molar-refractivity contribution in [1.82, 2.24) is 0 Å². The van der Waals surface area contributed by atoms with Crippen LogP contribution in [0.1, 0.15) is 77.6 Å². The van der Waals surface area contributed by atoms with Gasteiger partial charge in [-0.3, -0.25) is 0 Å². The Bertz CT molecular complexity index is 115. The largest absolute Gasteiger partial charge is 0.383 e. The van der Waals surface area contributed by atoms with Gasteiger partial charge in [-0.05, 0) is 6.42 Å². The molecule has 0 aromatic heterocycles. The first-order valence-electron chi connectivity index (χ1n) is 6.63. The van der Waals surface area contributed by atoms with Gasteiger partial charge >= 0.3 is 0 Å². The molecule has 1 unspecified atom stereocenters. The standard InChI is InChI=1S/C13H28OS/c1-2-3-4-5-6-7-8-9-10-11-12-13(14)15/h13-15H,2-12H2,1H3. The van der Waals surface area contributed by atoms with Crippen LogP contribution in [-0.2, 0) is 0 Å². The fraction of sp³-hybridized carbons (Fsp3) is 1.00. The second-order valence-corrected chi connectivity index (χ2v) is 5.05. The monoisotopic (exact) mass is 232 g/mol. The van der Waals surface area contributed by atoms with Crippen molar-refractivity contribution in [3.63, 3.8) is 0 Å². The fourth-order valence-corrected chi connectivity index (χ4v) is 2.00. The molecule has 0 aliphatic rings. The van der Waals surface area contributed by atoms with Crippen LogP contribution in [0.15, 0.2) is 0 Å². The highest BCUT2D eigenvalue weighted by Gasteiger charge is 1.96. The third-order valence-electron chi connectivity index (χ3n) is 2.82. The third-order valence-corrected chi connectivity index (χ3v) is 3.07. The van der Waals surface area contributed by atoms with E-state index < -0.39 is 5.44 Å². The molecule has 0 radical (unpaired) electrons. The zero-order valence-electron chi connectivity index (χ0n) is 10.2. The van der Waals surface area contributed by atoms with E-state index in [1.165, 1.54) is 57.8 Å². The summed E-state index contributed by atoms with van der Waals surface area (Å²) in [7, 11) is 0. The summed E-state index contributed by atoms with van der Waals surface area (Å²) in [6.45, 7) is 2.26. The van der Waals surface area contributed by atoms with Crippen LogP contribution in [0.25, 0.3) is 0 Å². The molecule has 0 heterocycles. The Morgan fingerprint density at radius 2 is 1.20 bits per heavy atom. The van der Waals surface area contributed by atoms with Crippen LogP contribution >= 0.6 is 12.6 Å². The van der Waals surface area contributed by atoms with Gasteiger partial charge < -0.3 is 5.11 Å². The maximum Gasteiger partial charge on any atom is 0.0964 e. The highest BCUT2D eigenvalue weighted by molar-refractivity contribution is 7.80. The number of hydrogen-bond donors (Lipinski definition) is 2.